The predicted molar refractivity (Wildman–Crippen MR) is 44.8 cm³/mol. The zero-order valence-corrected chi connectivity index (χ0v) is 7.33. The second kappa shape index (κ2) is 15.7. The molecule has 0 aliphatic carbocycles. The van der Waals surface area contributed by atoms with Crippen LogP contribution < -0.4 is 5.32 Å². The Bertz CT molecular complexity index is 23.7. The second-order valence-corrected chi connectivity index (χ2v) is 1.75. The van der Waals surface area contributed by atoms with Gasteiger partial charge >= 0.3 is 0 Å². The molecule has 0 heterocycles. The van der Waals surface area contributed by atoms with E-state index >= 15 is 0 Å². The third-order valence-corrected chi connectivity index (χ3v) is 0.854. The number of nitrogens with one attached hydrogen (secondary N) is 1. The largest absolute Gasteiger partial charge is 0.317 e. The maximum Gasteiger partial charge on any atom is -0.00516 e. The summed E-state index contributed by atoms with van der Waals surface area (Å²) < 4.78 is 0. The molecule has 0 bridgehead atoms. The van der Waals surface area contributed by atoms with Crippen molar-refractivity contribution in [2.45, 2.75) is 40.5 Å². The van der Waals surface area contributed by atoms with Gasteiger partial charge in [0.15, 0.2) is 0 Å². The van der Waals surface area contributed by atoms with Gasteiger partial charge in [-0.05, 0) is 25.9 Å². The molecule has 0 fully saturated rings. The molecule has 0 aliphatic heterocycles. The summed E-state index contributed by atoms with van der Waals surface area (Å²) in [5, 5.41) is 3.28. The quantitative estimate of drug-likeness (QED) is 0.578. The van der Waals surface area contributed by atoms with E-state index in [9.17, 15) is 0 Å². The van der Waals surface area contributed by atoms with E-state index in [0.717, 1.165) is 0 Å². The van der Waals surface area contributed by atoms with Crippen molar-refractivity contribution in [2.24, 2.45) is 0 Å². The van der Waals surface area contributed by atoms with Gasteiger partial charge in [0.2, 0.25) is 0 Å². The lowest BCUT2D eigenvalue weighted by molar-refractivity contribution is 0.662. The summed E-state index contributed by atoms with van der Waals surface area (Å²) in [6, 6.07) is 0. The van der Waals surface area contributed by atoms with Crippen molar-refractivity contribution in [3.8, 4) is 0 Å². The standard InChI is InChI=1S/C6H15N.C2H6/c1-3-5-7-6-4-2;1-2/h7H,3-6H2,1-2H3;1-2H3. The molecule has 0 aromatic heterocycles. The minimum Gasteiger partial charge on any atom is -0.317 e. The Morgan fingerprint density at radius 2 is 1.22 bits per heavy atom. The van der Waals surface area contributed by atoms with E-state index < -0.39 is 0 Å². The van der Waals surface area contributed by atoms with E-state index in [1.54, 1.807) is 0 Å². The molecular weight excluding hydrogens is 110 g/mol. The fourth-order valence-corrected chi connectivity index (χ4v) is 0.479. The molecule has 0 aromatic rings. The van der Waals surface area contributed by atoms with E-state index in [4.69, 9.17) is 0 Å². The summed E-state index contributed by atoms with van der Waals surface area (Å²) >= 11 is 0. The van der Waals surface area contributed by atoms with Crippen LogP contribution in [0.15, 0.2) is 0 Å². The molecule has 0 atom stereocenters. The van der Waals surface area contributed by atoms with Gasteiger partial charge < -0.3 is 5.32 Å². The van der Waals surface area contributed by atoms with E-state index in [1.165, 1.54) is 25.9 Å². The highest BCUT2D eigenvalue weighted by Gasteiger charge is 1.76. The first-order chi connectivity index (χ1) is 4.41. The van der Waals surface area contributed by atoms with E-state index in [0.29, 0.717) is 0 Å². The Morgan fingerprint density at radius 3 is 1.44 bits per heavy atom. The van der Waals surface area contributed by atoms with Gasteiger partial charge in [-0.25, -0.2) is 0 Å². The van der Waals surface area contributed by atoms with Gasteiger partial charge in [0.25, 0.3) is 0 Å². The SMILES string of the molecule is CC.CCCNCCC. The molecule has 0 spiro atoms. The van der Waals surface area contributed by atoms with Crippen LogP contribution in [0.2, 0.25) is 0 Å². The summed E-state index contributed by atoms with van der Waals surface area (Å²) in [6.07, 6.45) is 2.50. The predicted octanol–water partition coefficient (Wildman–Crippen LogP) is 2.42. The molecule has 58 valence electrons. The van der Waals surface area contributed by atoms with E-state index in [2.05, 4.69) is 19.2 Å². The Labute approximate surface area is 59.8 Å². The van der Waals surface area contributed by atoms with Crippen LogP contribution in [0.1, 0.15) is 40.5 Å². The molecule has 1 N–H and O–H groups in total. The van der Waals surface area contributed by atoms with Gasteiger partial charge in [-0.2, -0.15) is 0 Å². The summed E-state index contributed by atoms with van der Waals surface area (Å²) in [6.45, 7) is 10.7. The Balaban J connectivity index is 0. The molecule has 0 unspecified atom stereocenters. The average molecular weight is 131 g/mol. The van der Waals surface area contributed by atoms with Crippen molar-refractivity contribution in [3.05, 3.63) is 0 Å². The van der Waals surface area contributed by atoms with Crippen LogP contribution in [0.5, 0.6) is 0 Å². The molecule has 0 saturated heterocycles. The van der Waals surface area contributed by atoms with Crippen molar-refractivity contribution in [2.75, 3.05) is 13.1 Å². The highest BCUT2D eigenvalue weighted by molar-refractivity contribution is 4.39. The van der Waals surface area contributed by atoms with E-state index in [1.807, 2.05) is 13.8 Å². The molecule has 0 rings (SSSR count). The monoisotopic (exact) mass is 131 g/mol. The maximum absolute atomic E-state index is 3.28. The van der Waals surface area contributed by atoms with Crippen LogP contribution >= 0.6 is 0 Å². The highest BCUT2D eigenvalue weighted by Crippen LogP contribution is 1.71. The topological polar surface area (TPSA) is 12.0 Å². The smallest absolute Gasteiger partial charge is 0.00516 e. The third-order valence-electron chi connectivity index (χ3n) is 0.854. The normalized spacial score (nSPS) is 8.00. The Kier molecular flexibility index (Phi) is 20.4. The fourth-order valence-electron chi connectivity index (χ4n) is 0.479. The third kappa shape index (κ3) is 18.0. The molecule has 1 nitrogen and oxygen atoms in total. The minimum atomic E-state index is 1.17. The van der Waals surface area contributed by atoms with Gasteiger partial charge in [0.05, 0.1) is 0 Å². The van der Waals surface area contributed by atoms with E-state index in [-0.39, 0.29) is 0 Å². The van der Waals surface area contributed by atoms with Gasteiger partial charge in [0, 0.05) is 0 Å². The molecule has 0 saturated carbocycles. The zero-order chi connectivity index (χ0) is 7.54. The molecule has 1 heteroatoms. The molecule has 9 heavy (non-hydrogen) atoms. The van der Waals surface area contributed by atoms with Gasteiger partial charge in [0.1, 0.15) is 0 Å². The summed E-state index contributed by atoms with van der Waals surface area (Å²) in [7, 11) is 0. The zero-order valence-electron chi connectivity index (χ0n) is 7.33. The Morgan fingerprint density at radius 1 is 0.889 bits per heavy atom. The maximum atomic E-state index is 3.28. The van der Waals surface area contributed by atoms with Gasteiger partial charge in [-0.3, -0.25) is 0 Å². The lowest BCUT2D eigenvalue weighted by Gasteiger charge is -1.95. The van der Waals surface area contributed by atoms with Gasteiger partial charge in [-0.15, -0.1) is 0 Å². The van der Waals surface area contributed by atoms with Crippen LogP contribution in [-0.2, 0) is 0 Å². The molecule has 0 radical (unpaired) electrons. The van der Waals surface area contributed by atoms with Crippen molar-refractivity contribution in [1.29, 1.82) is 0 Å². The summed E-state index contributed by atoms with van der Waals surface area (Å²) in [4.78, 5) is 0. The molecule has 0 aliphatic rings. The van der Waals surface area contributed by atoms with Crippen LogP contribution in [-0.4, -0.2) is 13.1 Å². The first-order valence-corrected chi connectivity index (χ1v) is 4.12. The Hall–Kier alpha value is -0.0400. The number of hydrogen-bond acceptors (Lipinski definition) is 1. The van der Waals surface area contributed by atoms with Crippen LogP contribution in [0, 0.1) is 0 Å². The van der Waals surface area contributed by atoms with Crippen LogP contribution in [0.25, 0.3) is 0 Å². The molecular formula is C8H21N. The first kappa shape index (κ1) is 11.7. The van der Waals surface area contributed by atoms with Crippen LogP contribution in [0.4, 0.5) is 0 Å². The van der Waals surface area contributed by atoms with Gasteiger partial charge in [-0.1, -0.05) is 27.7 Å². The highest BCUT2D eigenvalue weighted by atomic mass is 14.8. The summed E-state index contributed by atoms with van der Waals surface area (Å²) in [5.41, 5.74) is 0. The van der Waals surface area contributed by atoms with Crippen molar-refractivity contribution >= 4 is 0 Å². The van der Waals surface area contributed by atoms with Crippen molar-refractivity contribution in [3.63, 3.8) is 0 Å². The van der Waals surface area contributed by atoms with Crippen LogP contribution in [0.3, 0.4) is 0 Å². The lowest BCUT2D eigenvalue weighted by Crippen LogP contribution is -2.14. The average Bonchev–Trinajstić information content (AvgIpc) is 1.94. The molecule has 0 amide bonds. The van der Waals surface area contributed by atoms with Crippen molar-refractivity contribution < 1.29 is 0 Å². The summed E-state index contributed by atoms with van der Waals surface area (Å²) in [5.74, 6) is 0. The number of rotatable bonds is 4. The first-order valence-electron chi connectivity index (χ1n) is 4.12. The van der Waals surface area contributed by atoms with Crippen molar-refractivity contribution in [1.82, 2.24) is 5.32 Å². The fraction of sp³-hybridized carbons (Fsp3) is 1.00. The lowest BCUT2D eigenvalue weighted by atomic mass is 10.4. The second-order valence-electron chi connectivity index (χ2n) is 1.75. The minimum absolute atomic E-state index is 1.17. The number of hydrogen-bond donors (Lipinski definition) is 1. The molecule has 0 aromatic carbocycles.